The zero-order valence-electron chi connectivity index (χ0n) is 8.76. The normalized spacial score (nSPS) is 68.8. The molecule has 0 amide bonds. The second kappa shape index (κ2) is 1.68. The van der Waals surface area contributed by atoms with E-state index in [9.17, 15) is 9.59 Å². The summed E-state index contributed by atoms with van der Waals surface area (Å²) in [7, 11) is 0. The molecule has 0 aromatic carbocycles. The van der Waals surface area contributed by atoms with Gasteiger partial charge in [-0.3, -0.25) is 9.59 Å². The summed E-state index contributed by atoms with van der Waals surface area (Å²) in [5.41, 5.74) is 0.383. The van der Waals surface area contributed by atoms with E-state index >= 15 is 0 Å². The molecule has 2 bridgehead atoms. The number of carbonyl (C=O) groups excluding carboxylic acids is 2. The number of esters is 1. The molecule has 1 aliphatic heterocycles. The summed E-state index contributed by atoms with van der Waals surface area (Å²) in [4.78, 5) is 24.2. The average Bonchev–Trinajstić information content (AvgIpc) is 3.07. The summed E-state index contributed by atoms with van der Waals surface area (Å²) in [6.07, 6.45) is 2.65. The minimum absolute atomic E-state index is 0.0231. The quantitative estimate of drug-likeness (QED) is 0.558. The van der Waals surface area contributed by atoms with Crippen molar-refractivity contribution in [2.75, 3.05) is 0 Å². The van der Waals surface area contributed by atoms with Gasteiger partial charge in [0.2, 0.25) is 0 Å². The Morgan fingerprint density at radius 1 is 1.00 bits per heavy atom. The van der Waals surface area contributed by atoms with Crippen molar-refractivity contribution in [3.05, 3.63) is 0 Å². The molecule has 0 radical (unpaired) electrons. The van der Waals surface area contributed by atoms with E-state index in [0.29, 0.717) is 40.8 Å². The fourth-order valence-corrected chi connectivity index (χ4v) is 6.45. The largest absolute Gasteiger partial charge is 0.461 e. The van der Waals surface area contributed by atoms with Gasteiger partial charge in [-0.25, -0.2) is 0 Å². The first-order chi connectivity index (χ1) is 7.76. The van der Waals surface area contributed by atoms with Crippen LogP contribution in [0.1, 0.15) is 12.8 Å². The smallest absolute Gasteiger partial charge is 0.310 e. The van der Waals surface area contributed by atoms with Crippen LogP contribution in [-0.4, -0.2) is 17.9 Å². The van der Waals surface area contributed by atoms with Crippen LogP contribution in [0, 0.1) is 46.8 Å². The number of hydrogen-bond acceptors (Lipinski definition) is 3. The molecule has 1 heterocycles. The first-order valence-electron chi connectivity index (χ1n) is 6.50. The summed E-state index contributed by atoms with van der Waals surface area (Å²) < 4.78 is 5.60. The molecule has 1 unspecified atom stereocenters. The van der Waals surface area contributed by atoms with Crippen molar-refractivity contribution < 1.29 is 14.3 Å². The molecular formula is C13H12O3. The average molecular weight is 216 g/mol. The van der Waals surface area contributed by atoms with Crippen LogP contribution in [0.5, 0.6) is 0 Å². The van der Waals surface area contributed by atoms with Crippen LogP contribution in [-0.2, 0) is 14.3 Å². The van der Waals surface area contributed by atoms with E-state index in [1.807, 2.05) is 0 Å². The summed E-state index contributed by atoms with van der Waals surface area (Å²) in [5, 5.41) is 0. The molecular weight excluding hydrogens is 204 g/mol. The molecule has 3 nitrogen and oxygen atoms in total. The minimum Gasteiger partial charge on any atom is -0.461 e. The Bertz CT molecular complexity index is 491. The Morgan fingerprint density at radius 3 is 2.56 bits per heavy atom. The van der Waals surface area contributed by atoms with Gasteiger partial charge in [0, 0.05) is 23.7 Å². The van der Waals surface area contributed by atoms with Gasteiger partial charge in [0.1, 0.15) is 11.9 Å². The van der Waals surface area contributed by atoms with E-state index < -0.39 is 0 Å². The summed E-state index contributed by atoms with van der Waals surface area (Å²) in [5.74, 6) is 2.87. The third-order valence-corrected chi connectivity index (χ3v) is 6.78. The third kappa shape index (κ3) is 0.443. The fraction of sp³-hybridized carbons (Fsp3) is 0.846. The highest BCUT2D eigenvalue weighted by Gasteiger charge is 2.90. The molecule has 16 heavy (non-hydrogen) atoms. The lowest BCUT2D eigenvalue weighted by atomic mass is 9.73. The zero-order chi connectivity index (χ0) is 10.4. The summed E-state index contributed by atoms with van der Waals surface area (Å²) in [6.45, 7) is 0. The maximum Gasteiger partial charge on any atom is 0.310 e. The Hall–Kier alpha value is -0.860. The predicted molar refractivity (Wildman–Crippen MR) is 51.0 cm³/mol. The molecule has 1 saturated heterocycles. The highest BCUT2D eigenvalue weighted by molar-refractivity contribution is 5.97. The second-order valence-electron chi connectivity index (χ2n) is 6.82. The third-order valence-electron chi connectivity index (χ3n) is 6.78. The van der Waals surface area contributed by atoms with Crippen LogP contribution in [0.25, 0.3) is 0 Å². The highest BCUT2D eigenvalue weighted by Crippen LogP contribution is 2.86. The summed E-state index contributed by atoms with van der Waals surface area (Å²) in [6, 6.07) is 0. The summed E-state index contributed by atoms with van der Waals surface area (Å²) >= 11 is 0. The van der Waals surface area contributed by atoms with Crippen LogP contribution < -0.4 is 0 Å². The fourth-order valence-electron chi connectivity index (χ4n) is 6.45. The van der Waals surface area contributed by atoms with Crippen LogP contribution in [0.3, 0.4) is 0 Å². The van der Waals surface area contributed by atoms with Crippen LogP contribution in [0.4, 0.5) is 0 Å². The van der Waals surface area contributed by atoms with Gasteiger partial charge >= 0.3 is 5.97 Å². The molecule has 6 fully saturated rings. The van der Waals surface area contributed by atoms with Gasteiger partial charge in [-0.2, -0.15) is 0 Å². The molecule has 5 aliphatic carbocycles. The molecule has 0 N–H and O–H groups in total. The van der Waals surface area contributed by atoms with Gasteiger partial charge in [-0.15, -0.1) is 0 Å². The monoisotopic (exact) mass is 216 g/mol. The van der Waals surface area contributed by atoms with Crippen LogP contribution in [0.15, 0.2) is 0 Å². The second-order valence-corrected chi connectivity index (χ2v) is 6.82. The number of ether oxygens (including phenoxy) is 1. The molecule has 1 spiro atoms. The lowest BCUT2D eigenvalue weighted by Crippen LogP contribution is -2.37. The molecule has 6 aliphatic rings. The zero-order valence-corrected chi connectivity index (χ0v) is 8.76. The van der Waals surface area contributed by atoms with Crippen LogP contribution >= 0.6 is 0 Å². The van der Waals surface area contributed by atoms with Gasteiger partial charge in [-0.05, 0) is 30.1 Å². The first kappa shape index (κ1) is 7.46. The minimum atomic E-state index is -0.0362. The Kier molecular flexibility index (Phi) is 0.783. The maximum atomic E-state index is 12.3. The molecule has 8 atom stereocenters. The lowest BCUT2D eigenvalue weighted by molar-refractivity contribution is -0.152. The molecule has 3 heteroatoms. The standard InChI is InChI=1S/C13H12O3/c14-10-4-3-5(4)11-9-7(12(15)16-11)6(10)8(3)13(9)1-2-13/h3-9,11H,1-2H2/t3-,4?,5-,6+,7-,8+,9+,11+/m1/s1. The van der Waals surface area contributed by atoms with Gasteiger partial charge < -0.3 is 4.74 Å². The van der Waals surface area contributed by atoms with E-state index in [1.54, 1.807) is 0 Å². The number of hydrogen-bond donors (Lipinski definition) is 0. The van der Waals surface area contributed by atoms with E-state index in [1.165, 1.54) is 12.8 Å². The Labute approximate surface area is 92.5 Å². The topological polar surface area (TPSA) is 43.4 Å². The number of Topliss-reactive ketones (excluding diaryl/α,β-unsaturated/α-hetero) is 1. The van der Waals surface area contributed by atoms with Crippen molar-refractivity contribution in [1.82, 2.24) is 0 Å². The van der Waals surface area contributed by atoms with E-state index in [4.69, 9.17) is 4.74 Å². The van der Waals surface area contributed by atoms with Gasteiger partial charge in [-0.1, -0.05) is 0 Å². The Balaban J connectivity index is 1.72. The van der Waals surface area contributed by atoms with E-state index in [-0.39, 0.29) is 23.9 Å². The highest BCUT2D eigenvalue weighted by atomic mass is 16.6. The van der Waals surface area contributed by atoms with Crippen molar-refractivity contribution in [3.63, 3.8) is 0 Å². The predicted octanol–water partition coefficient (Wildman–Crippen LogP) is 0.629. The van der Waals surface area contributed by atoms with Crippen LogP contribution in [0.2, 0.25) is 0 Å². The van der Waals surface area contributed by atoms with Gasteiger partial charge in [0.15, 0.2) is 0 Å². The Morgan fingerprint density at radius 2 is 1.81 bits per heavy atom. The number of ketones is 1. The number of carbonyl (C=O) groups is 2. The molecule has 6 rings (SSSR count). The number of rotatable bonds is 0. The van der Waals surface area contributed by atoms with Crippen molar-refractivity contribution >= 4 is 11.8 Å². The maximum absolute atomic E-state index is 12.3. The van der Waals surface area contributed by atoms with Crippen molar-refractivity contribution in [2.24, 2.45) is 46.8 Å². The lowest BCUT2D eigenvalue weighted by Gasteiger charge is -2.34. The van der Waals surface area contributed by atoms with Gasteiger partial charge in [0.05, 0.1) is 5.92 Å². The molecule has 0 aromatic rings. The molecule has 0 aromatic heterocycles. The van der Waals surface area contributed by atoms with Gasteiger partial charge in [0.25, 0.3) is 0 Å². The van der Waals surface area contributed by atoms with E-state index in [2.05, 4.69) is 0 Å². The van der Waals surface area contributed by atoms with Crippen molar-refractivity contribution in [3.8, 4) is 0 Å². The first-order valence-corrected chi connectivity index (χ1v) is 6.50. The van der Waals surface area contributed by atoms with E-state index in [0.717, 1.165) is 0 Å². The molecule has 5 saturated carbocycles. The van der Waals surface area contributed by atoms with Crippen molar-refractivity contribution in [2.45, 2.75) is 18.9 Å². The SMILES string of the molecule is O=C1O[C@H]2[C@H]3C4C(=O)[C@H]5[C@@H]1[C@@H]2C1(CC1)[C@H]5[C@H]43. The van der Waals surface area contributed by atoms with Crippen molar-refractivity contribution in [1.29, 1.82) is 0 Å². The molecule has 82 valence electrons. The number of fused-ring (bicyclic) bond motifs is 3.